The molecule has 2 amide bonds. The molecule has 2 aliphatic rings. The first-order valence-corrected chi connectivity index (χ1v) is 9.26. The molecule has 2 aliphatic heterocycles. The molecule has 0 spiro atoms. The van der Waals surface area contributed by atoms with Crippen LogP contribution in [0, 0.1) is 0 Å². The third-order valence-electron chi connectivity index (χ3n) is 4.64. The molecule has 0 N–H and O–H groups in total. The Morgan fingerprint density at radius 2 is 1.83 bits per heavy atom. The van der Waals surface area contributed by atoms with Crippen molar-refractivity contribution < 1.29 is 14.3 Å². The second kappa shape index (κ2) is 8.19. The third-order valence-corrected chi connectivity index (χ3v) is 4.64. The number of piperidine rings is 1. The number of piperazine rings is 1. The standard InChI is InChI=1S/C18H33N3O3/c1-15-13-20(17(23)24-18(2,3)4)14-16(22)21(15)12-8-11-19-9-6-5-7-10-19/h15H,5-14H2,1-4H3. The van der Waals surface area contributed by atoms with Crippen LogP contribution in [-0.2, 0) is 9.53 Å². The Labute approximate surface area is 146 Å². The Morgan fingerprint density at radius 1 is 1.17 bits per heavy atom. The number of hydrogen-bond donors (Lipinski definition) is 0. The highest BCUT2D eigenvalue weighted by Gasteiger charge is 2.34. The van der Waals surface area contributed by atoms with E-state index in [-0.39, 0.29) is 18.5 Å². The zero-order valence-corrected chi connectivity index (χ0v) is 15.7. The number of amides is 2. The summed E-state index contributed by atoms with van der Waals surface area (Å²) in [5.41, 5.74) is -0.533. The van der Waals surface area contributed by atoms with Gasteiger partial charge in [0, 0.05) is 19.1 Å². The van der Waals surface area contributed by atoms with Crippen LogP contribution in [-0.4, -0.2) is 77.6 Å². The highest BCUT2D eigenvalue weighted by molar-refractivity contribution is 5.84. The molecule has 24 heavy (non-hydrogen) atoms. The average molecular weight is 339 g/mol. The summed E-state index contributed by atoms with van der Waals surface area (Å²) < 4.78 is 5.38. The van der Waals surface area contributed by atoms with Crippen molar-refractivity contribution in [3.05, 3.63) is 0 Å². The monoisotopic (exact) mass is 339 g/mol. The van der Waals surface area contributed by atoms with Crippen molar-refractivity contribution in [2.75, 3.05) is 39.3 Å². The summed E-state index contributed by atoms with van der Waals surface area (Å²) in [5.74, 6) is 0.0262. The van der Waals surface area contributed by atoms with Crippen molar-refractivity contribution in [1.29, 1.82) is 0 Å². The first-order valence-electron chi connectivity index (χ1n) is 9.26. The van der Waals surface area contributed by atoms with Gasteiger partial charge in [0.2, 0.25) is 5.91 Å². The van der Waals surface area contributed by atoms with Crippen molar-refractivity contribution in [3.63, 3.8) is 0 Å². The van der Waals surface area contributed by atoms with Gasteiger partial charge in [0.1, 0.15) is 12.1 Å². The lowest BCUT2D eigenvalue weighted by Crippen LogP contribution is -2.57. The second-order valence-corrected chi connectivity index (χ2v) is 8.05. The molecule has 6 heteroatoms. The van der Waals surface area contributed by atoms with Gasteiger partial charge in [0.15, 0.2) is 0 Å². The molecule has 2 saturated heterocycles. The molecule has 2 fully saturated rings. The van der Waals surface area contributed by atoms with Gasteiger partial charge >= 0.3 is 6.09 Å². The molecule has 0 bridgehead atoms. The Bertz CT molecular complexity index is 441. The zero-order valence-electron chi connectivity index (χ0n) is 15.7. The van der Waals surface area contributed by atoms with E-state index < -0.39 is 11.7 Å². The maximum Gasteiger partial charge on any atom is 0.410 e. The van der Waals surface area contributed by atoms with Crippen LogP contribution in [0.4, 0.5) is 4.79 Å². The summed E-state index contributed by atoms with van der Waals surface area (Å²) in [6, 6.07) is 0.0418. The first kappa shape index (κ1) is 19.0. The van der Waals surface area contributed by atoms with Gasteiger partial charge in [-0.3, -0.25) is 9.69 Å². The predicted molar refractivity (Wildman–Crippen MR) is 93.9 cm³/mol. The maximum absolute atomic E-state index is 12.4. The van der Waals surface area contributed by atoms with Crippen molar-refractivity contribution >= 4 is 12.0 Å². The van der Waals surface area contributed by atoms with Gasteiger partial charge in [0.05, 0.1) is 0 Å². The molecule has 0 aromatic carbocycles. The lowest BCUT2D eigenvalue weighted by molar-refractivity contribution is -0.139. The highest BCUT2D eigenvalue weighted by atomic mass is 16.6. The van der Waals surface area contributed by atoms with Crippen LogP contribution in [0.5, 0.6) is 0 Å². The third kappa shape index (κ3) is 5.65. The smallest absolute Gasteiger partial charge is 0.410 e. The van der Waals surface area contributed by atoms with E-state index in [9.17, 15) is 9.59 Å². The van der Waals surface area contributed by atoms with Crippen LogP contribution in [0.25, 0.3) is 0 Å². The van der Waals surface area contributed by atoms with Crippen molar-refractivity contribution in [2.24, 2.45) is 0 Å². The Balaban J connectivity index is 1.78. The van der Waals surface area contributed by atoms with Gasteiger partial charge in [-0.15, -0.1) is 0 Å². The fraction of sp³-hybridized carbons (Fsp3) is 0.889. The van der Waals surface area contributed by atoms with Crippen LogP contribution in [0.3, 0.4) is 0 Å². The number of carbonyl (C=O) groups excluding carboxylic acids is 2. The van der Waals surface area contributed by atoms with Crippen LogP contribution >= 0.6 is 0 Å². The van der Waals surface area contributed by atoms with Crippen molar-refractivity contribution in [3.8, 4) is 0 Å². The van der Waals surface area contributed by atoms with Crippen LogP contribution < -0.4 is 0 Å². The minimum Gasteiger partial charge on any atom is -0.444 e. The molecule has 2 heterocycles. The van der Waals surface area contributed by atoms with E-state index in [0.717, 1.165) is 19.5 Å². The molecule has 2 rings (SSSR count). The summed E-state index contributed by atoms with van der Waals surface area (Å²) >= 11 is 0. The van der Waals surface area contributed by atoms with Gasteiger partial charge in [-0.05, 0) is 66.6 Å². The zero-order chi connectivity index (χ0) is 17.7. The Kier molecular flexibility index (Phi) is 6.49. The lowest BCUT2D eigenvalue weighted by Gasteiger charge is -2.40. The maximum atomic E-state index is 12.4. The van der Waals surface area contributed by atoms with E-state index in [1.165, 1.54) is 37.3 Å². The second-order valence-electron chi connectivity index (χ2n) is 8.05. The molecule has 0 aromatic heterocycles. The quantitative estimate of drug-likeness (QED) is 0.789. The number of rotatable bonds is 4. The number of carbonyl (C=O) groups is 2. The molecular formula is C18H33N3O3. The van der Waals surface area contributed by atoms with Crippen LogP contribution in [0.15, 0.2) is 0 Å². The summed E-state index contributed by atoms with van der Waals surface area (Å²) in [5, 5.41) is 0. The average Bonchev–Trinajstić information content (AvgIpc) is 2.49. The molecule has 6 nitrogen and oxygen atoms in total. The number of likely N-dealkylation sites (tertiary alicyclic amines) is 1. The van der Waals surface area contributed by atoms with Gasteiger partial charge < -0.3 is 14.5 Å². The van der Waals surface area contributed by atoms with E-state index in [2.05, 4.69) is 4.90 Å². The summed E-state index contributed by atoms with van der Waals surface area (Å²) in [6.07, 6.45) is 4.55. The Morgan fingerprint density at radius 3 is 2.42 bits per heavy atom. The largest absolute Gasteiger partial charge is 0.444 e. The fourth-order valence-electron chi connectivity index (χ4n) is 3.44. The summed E-state index contributed by atoms with van der Waals surface area (Å²) in [6.45, 7) is 12.4. The van der Waals surface area contributed by atoms with E-state index in [1.54, 1.807) is 0 Å². The molecule has 0 aromatic rings. The van der Waals surface area contributed by atoms with Gasteiger partial charge in [0.25, 0.3) is 0 Å². The molecule has 0 aliphatic carbocycles. The Hall–Kier alpha value is -1.30. The van der Waals surface area contributed by atoms with Gasteiger partial charge in [-0.1, -0.05) is 6.42 Å². The molecule has 138 valence electrons. The molecule has 0 saturated carbocycles. The first-order chi connectivity index (χ1) is 11.3. The molecule has 1 unspecified atom stereocenters. The minimum atomic E-state index is -0.533. The molecule has 0 radical (unpaired) electrons. The number of nitrogens with zero attached hydrogens (tertiary/aromatic N) is 3. The summed E-state index contributed by atoms with van der Waals surface area (Å²) in [7, 11) is 0. The number of hydrogen-bond acceptors (Lipinski definition) is 4. The van der Waals surface area contributed by atoms with Gasteiger partial charge in [-0.2, -0.15) is 0 Å². The van der Waals surface area contributed by atoms with Crippen LogP contribution in [0.1, 0.15) is 53.4 Å². The minimum absolute atomic E-state index is 0.0262. The topological polar surface area (TPSA) is 53.1 Å². The summed E-state index contributed by atoms with van der Waals surface area (Å²) in [4.78, 5) is 30.5. The van der Waals surface area contributed by atoms with E-state index in [0.29, 0.717) is 6.54 Å². The molecular weight excluding hydrogens is 306 g/mol. The van der Waals surface area contributed by atoms with Crippen molar-refractivity contribution in [2.45, 2.75) is 65.0 Å². The highest BCUT2D eigenvalue weighted by Crippen LogP contribution is 2.16. The fourth-order valence-corrected chi connectivity index (χ4v) is 3.44. The normalized spacial score (nSPS) is 23.5. The van der Waals surface area contributed by atoms with Gasteiger partial charge in [-0.25, -0.2) is 4.79 Å². The predicted octanol–water partition coefficient (Wildman–Crippen LogP) is 2.33. The van der Waals surface area contributed by atoms with E-state index in [1.807, 2.05) is 32.6 Å². The SMILES string of the molecule is CC1CN(C(=O)OC(C)(C)C)CC(=O)N1CCCN1CCCCC1. The lowest BCUT2D eigenvalue weighted by atomic mass is 10.1. The van der Waals surface area contributed by atoms with E-state index >= 15 is 0 Å². The number of ether oxygens (including phenoxy) is 1. The molecule has 1 atom stereocenters. The van der Waals surface area contributed by atoms with Crippen LogP contribution in [0.2, 0.25) is 0 Å². The van der Waals surface area contributed by atoms with E-state index in [4.69, 9.17) is 4.74 Å². The van der Waals surface area contributed by atoms with Crippen molar-refractivity contribution in [1.82, 2.24) is 14.7 Å².